The highest BCUT2D eigenvalue weighted by Crippen LogP contribution is 2.29. The molecule has 4 nitrogen and oxygen atoms in total. The lowest BCUT2D eigenvalue weighted by Crippen LogP contribution is -2.62. The zero-order valence-electron chi connectivity index (χ0n) is 13.4. The van der Waals surface area contributed by atoms with Gasteiger partial charge in [0.25, 0.3) is 0 Å². The van der Waals surface area contributed by atoms with E-state index in [-0.39, 0.29) is 29.8 Å². The summed E-state index contributed by atoms with van der Waals surface area (Å²) < 4.78 is 0. The van der Waals surface area contributed by atoms with Crippen molar-refractivity contribution in [1.29, 1.82) is 0 Å². The van der Waals surface area contributed by atoms with Gasteiger partial charge in [0, 0.05) is 0 Å². The number of nitrogens with one attached hydrogen (secondary N) is 1. The molecule has 114 valence electrons. The van der Waals surface area contributed by atoms with Crippen LogP contribution >= 0.6 is 0 Å². The quantitative estimate of drug-likeness (QED) is 0.908. The van der Waals surface area contributed by atoms with E-state index >= 15 is 0 Å². The summed E-state index contributed by atoms with van der Waals surface area (Å²) >= 11 is 0. The van der Waals surface area contributed by atoms with E-state index in [2.05, 4.69) is 5.32 Å². The topological polar surface area (TPSA) is 49.4 Å². The van der Waals surface area contributed by atoms with Crippen molar-refractivity contribution < 1.29 is 9.59 Å². The molecule has 1 aliphatic heterocycles. The smallest absolute Gasteiger partial charge is 0.246 e. The first-order valence-corrected chi connectivity index (χ1v) is 7.37. The van der Waals surface area contributed by atoms with Crippen LogP contribution in [0.3, 0.4) is 0 Å². The van der Waals surface area contributed by atoms with Crippen molar-refractivity contribution in [3.8, 4) is 0 Å². The SMILES string of the molecule is Cc1ccccc1C(C)N1CC(=O)NC(C(C)(C)C)C1=O. The lowest BCUT2D eigenvalue weighted by atomic mass is 9.84. The number of nitrogens with zero attached hydrogens (tertiary/aromatic N) is 1. The molecule has 0 spiro atoms. The lowest BCUT2D eigenvalue weighted by molar-refractivity contribution is -0.149. The van der Waals surface area contributed by atoms with Crippen LogP contribution in [-0.2, 0) is 9.59 Å². The van der Waals surface area contributed by atoms with Gasteiger partial charge in [0.2, 0.25) is 11.8 Å². The number of piperazine rings is 1. The fraction of sp³-hybridized carbons (Fsp3) is 0.529. The Labute approximate surface area is 126 Å². The van der Waals surface area contributed by atoms with Gasteiger partial charge in [-0.25, -0.2) is 0 Å². The van der Waals surface area contributed by atoms with Crippen molar-refractivity contribution in [3.05, 3.63) is 35.4 Å². The Hall–Kier alpha value is -1.84. The minimum atomic E-state index is -0.467. The van der Waals surface area contributed by atoms with Crippen LogP contribution in [-0.4, -0.2) is 29.3 Å². The monoisotopic (exact) mass is 288 g/mol. The van der Waals surface area contributed by atoms with E-state index in [9.17, 15) is 9.59 Å². The highest BCUT2D eigenvalue weighted by Gasteiger charge is 2.41. The molecule has 1 aromatic carbocycles. The minimum absolute atomic E-state index is 0.00199. The predicted octanol–water partition coefficient (Wildman–Crippen LogP) is 2.43. The molecule has 1 saturated heterocycles. The van der Waals surface area contributed by atoms with Gasteiger partial charge in [-0.05, 0) is 30.4 Å². The molecule has 1 fully saturated rings. The molecule has 1 heterocycles. The Morgan fingerprint density at radius 3 is 2.43 bits per heavy atom. The van der Waals surface area contributed by atoms with Gasteiger partial charge in [-0.2, -0.15) is 0 Å². The molecule has 1 N–H and O–H groups in total. The third-order valence-corrected chi connectivity index (χ3v) is 4.12. The molecule has 1 aromatic rings. The van der Waals surface area contributed by atoms with E-state index in [4.69, 9.17) is 0 Å². The van der Waals surface area contributed by atoms with Gasteiger partial charge in [-0.15, -0.1) is 0 Å². The molecule has 0 saturated carbocycles. The maximum Gasteiger partial charge on any atom is 0.246 e. The molecule has 4 heteroatoms. The molecule has 1 aliphatic rings. The number of benzene rings is 1. The third-order valence-electron chi connectivity index (χ3n) is 4.12. The van der Waals surface area contributed by atoms with Crippen molar-refractivity contribution in [2.45, 2.75) is 46.7 Å². The zero-order chi connectivity index (χ0) is 15.8. The second-order valence-electron chi connectivity index (χ2n) is 6.87. The van der Waals surface area contributed by atoms with Crippen molar-refractivity contribution in [2.24, 2.45) is 5.41 Å². The van der Waals surface area contributed by atoms with Crippen molar-refractivity contribution in [3.63, 3.8) is 0 Å². The summed E-state index contributed by atoms with van der Waals surface area (Å²) in [6, 6.07) is 7.43. The van der Waals surface area contributed by atoms with Crippen LogP contribution in [0.5, 0.6) is 0 Å². The Bertz CT molecular complexity index is 560. The van der Waals surface area contributed by atoms with E-state index < -0.39 is 6.04 Å². The van der Waals surface area contributed by atoms with Gasteiger partial charge in [-0.1, -0.05) is 45.0 Å². The van der Waals surface area contributed by atoms with Gasteiger partial charge in [0.15, 0.2) is 0 Å². The molecule has 2 rings (SSSR count). The van der Waals surface area contributed by atoms with Crippen molar-refractivity contribution in [1.82, 2.24) is 10.2 Å². The molecule has 0 aromatic heterocycles. The van der Waals surface area contributed by atoms with Gasteiger partial charge in [0.05, 0.1) is 6.04 Å². The first-order valence-electron chi connectivity index (χ1n) is 7.37. The number of rotatable bonds is 2. The number of hydrogen-bond acceptors (Lipinski definition) is 2. The number of hydrogen-bond donors (Lipinski definition) is 1. The number of amides is 2. The normalized spacial score (nSPS) is 21.2. The molecule has 2 amide bonds. The van der Waals surface area contributed by atoms with Crippen LogP contribution in [0, 0.1) is 12.3 Å². The zero-order valence-corrected chi connectivity index (χ0v) is 13.4. The van der Waals surface area contributed by atoms with Crippen LogP contribution < -0.4 is 5.32 Å². The van der Waals surface area contributed by atoms with Gasteiger partial charge in [-0.3, -0.25) is 9.59 Å². The molecule has 0 radical (unpaired) electrons. The molecule has 2 atom stereocenters. The van der Waals surface area contributed by atoms with Crippen LogP contribution in [0.2, 0.25) is 0 Å². The summed E-state index contributed by atoms with van der Waals surface area (Å²) in [7, 11) is 0. The summed E-state index contributed by atoms with van der Waals surface area (Å²) in [5.74, 6) is -0.0900. The highest BCUT2D eigenvalue weighted by molar-refractivity contribution is 5.95. The number of carbonyl (C=O) groups is 2. The summed E-state index contributed by atoms with van der Waals surface area (Å²) in [6.45, 7) is 10.0. The highest BCUT2D eigenvalue weighted by atomic mass is 16.2. The Balaban J connectivity index is 2.32. The van der Waals surface area contributed by atoms with E-state index in [0.29, 0.717) is 0 Å². The molecule has 2 unspecified atom stereocenters. The number of carbonyl (C=O) groups excluding carboxylic acids is 2. The first kappa shape index (κ1) is 15.5. The van der Waals surface area contributed by atoms with Gasteiger partial charge >= 0.3 is 0 Å². The van der Waals surface area contributed by atoms with Crippen LogP contribution in [0.4, 0.5) is 0 Å². The van der Waals surface area contributed by atoms with Gasteiger partial charge < -0.3 is 10.2 Å². The average Bonchev–Trinajstić information content (AvgIpc) is 2.39. The van der Waals surface area contributed by atoms with Crippen molar-refractivity contribution >= 4 is 11.8 Å². The second kappa shape index (κ2) is 5.51. The molecule has 0 bridgehead atoms. The fourth-order valence-corrected chi connectivity index (χ4v) is 2.80. The summed E-state index contributed by atoms with van der Waals surface area (Å²) in [5, 5.41) is 2.83. The maximum atomic E-state index is 12.8. The summed E-state index contributed by atoms with van der Waals surface area (Å²) in [6.07, 6.45) is 0. The molecular weight excluding hydrogens is 264 g/mol. The molecular formula is C17H24N2O2. The summed E-state index contributed by atoms with van der Waals surface area (Å²) in [4.78, 5) is 26.4. The van der Waals surface area contributed by atoms with Gasteiger partial charge in [0.1, 0.15) is 12.6 Å². The van der Waals surface area contributed by atoms with Crippen molar-refractivity contribution in [2.75, 3.05) is 6.54 Å². The summed E-state index contributed by atoms with van der Waals surface area (Å²) in [5.41, 5.74) is 1.93. The van der Waals surface area contributed by atoms with E-state index in [1.165, 1.54) is 0 Å². The Morgan fingerprint density at radius 2 is 1.86 bits per heavy atom. The second-order valence-corrected chi connectivity index (χ2v) is 6.87. The first-order chi connectivity index (χ1) is 9.71. The third kappa shape index (κ3) is 3.09. The molecule has 0 aliphatic carbocycles. The fourth-order valence-electron chi connectivity index (χ4n) is 2.80. The number of aryl methyl sites for hydroxylation is 1. The average molecular weight is 288 g/mol. The standard InChI is InChI=1S/C17H24N2O2/c1-11-8-6-7-9-13(11)12(2)19-10-14(20)18-15(16(19)21)17(3,4)5/h6-9,12,15H,10H2,1-5H3,(H,18,20). The maximum absolute atomic E-state index is 12.8. The van der Waals surface area contributed by atoms with Crippen LogP contribution in [0.1, 0.15) is 44.9 Å². The van der Waals surface area contributed by atoms with Crippen LogP contribution in [0.25, 0.3) is 0 Å². The Morgan fingerprint density at radius 1 is 1.24 bits per heavy atom. The van der Waals surface area contributed by atoms with E-state index in [0.717, 1.165) is 11.1 Å². The van der Waals surface area contributed by atoms with Crippen LogP contribution in [0.15, 0.2) is 24.3 Å². The largest absolute Gasteiger partial charge is 0.342 e. The molecule has 21 heavy (non-hydrogen) atoms. The van der Waals surface area contributed by atoms with E-state index in [1.54, 1.807) is 4.90 Å². The predicted molar refractivity (Wildman–Crippen MR) is 82.7 cm³/mol. The Kier molecular flexibility index (Phi) is 4.08. The van der Waals surface area contributed by atoms with E-state index in [1.807, 2.05) is 58.9 Å². The lowest BCUT2D eigenvalue weighted by Gasteiger charge is -2.41. The minimum Gasteiger partial charge on any atom is -0.342 e.